The summed E-state index contributed by atoms with van der Waals surface area (Å²) in [5.41, 5.74) is 8.08. The fourth-order valence-electron chi connectivity index (χ4n) is 1.56. The van der Waals surface area contributed by atoms with Crippen LogP contribution in [0.25, 0.3) is 0 Å². The number of nitrogens with zero attached hydrogens (tertiary/aromatic N) is 1. The van der Waals surface area contributed by atoms with Gasteiger partial charge in [0.25, 0.3) is 0 Å². The van der Waals surface area contributed by atoms with Gasteiger partial charge in [0.1, 0.15) is 0 Å². The topological polar surface area (TPSA) is 59.6 Å². The van der Waals surface area contributed by atoms with Crippen LogP contribution < -0.4 is 11.1 Å². The van der Waals surface area contributed by atoms with E-state index in [-0.39, 0.29) is 29.5 Å². The van der Waals surface area contributed by atoms with Crippen LogP contribution in [0.15, 0.2) is 29.3 Å². The van der Waals surface area contributed by atoms with E-state index in [4.69, 9.17) is 10.5 Å². The molecule has 0 atom stereocenters. The molecule has 0 radical (unpaired) electrons. The molecule has 0 bridgehead atoms. The van der Waals surface area contributed by atoms with Crippen LogP contribution in [-0.4, -0.2) is 18.1 Å². The number of benzene rings is 1. The molecule has 0 aliphatic rings. The molecule has 0 saturated carbocycles. The third kappa shape index (κ3) is 8.37. The Bertz CT molecular complexity index is 410. The van der Waals surface area contributed by atoms with Crippen molar-refractivity contribution in [2.24, 2.45) is 10.7 Å². The molecule has 0 aromatic heterocycles. The Kier molecular flexibility index (Phi) is 8.80. The summed E-state index contributed by atoms with van der Waals surface area (Å²) in [6.45, 7) is 10.1. The molecule has 0 amide bonds. The van der Waals surface area contributed by atoms with Gasteiger partial charge in [-0.3, -0.25) is 0 Å². The van der Waals surface area contributed by atoms with Crippen LogP contribution in [0.3, 0.4) is 0 Å². The van der Waals surface area contributed by atoms with E-state index >= 15 is 0 Å². The summed E-state index contributed by atoms with van der Waals surface area (Å²) in [6, 6.07) is 8.24. The Balaban J connectivity index is 0.00000361. The van der Waals surface area contributed by atoms with Crippen LogP contribution in [0.5, 0.6) is 0 Å². The lowest BCUT2D eigenvalue weighted by atomic mass is 10.1. The van der Waals surface area contributed by atoms with Crippen molar-refractivity contribution in [1.29, 1.82) is 0 Å². The van der Waals surface area contributed by atoms with Crippen molar-refractivity contribution in [2.45, 2.75) is 46.4 Å². The number of halogens is 1. The average molecular weight is 391 g/mol. The van der Waals surface area contributed by atoms with Gasteiger partial charge in [-0.15, -0.1) is 24.0 Å². The second-order valence-corrected chi connectivity index (χ2v) is 5.53. The van der Waals surface area contributed by atoms with Gasteiger partial charge in [0.15, 0.2) is 5.96 Å². The molecule has 1 rings (SSSR count). The molecular formula is C15H26IN3O. The zero-order chi connectivity index (χ0) is 14.3. The third-order valence-corrected chi connectivity index (χ3v) is 2.43. The Morgan fingerprint density at radius 2 is 1.75 bits per heavy atom. The summed E-state index contributed by atoms with van der Waals surface area (Å²) in [6.07, 6.45) is 0. The average Bonchev–Trinajstić information content (AvgIpc) is 2.33. The van der Waals surface area contributed by atoms with Crippen LogP contribution in [-0.2, 0) is 17.9 Å². The molecule has 3 N–H and O–H groups in total. The van der Waals surface area contributed by atoms with Crippen molar-refractivity contribution in [2.75, 3.05) is 6.61 Å². The summed E-state index contributed by atoms with van der Waals surface area (Å²) >= 11 is 0. The Morgan fingerprint density at radius 1 is 1.20 bits per heavy atom. The molecule has 5 heteroatoms. The van der Waals surface area contributed by atoms with Gasteiger partial charge in [0, 0.05) is 12.1 Å². The lowest BCUT2D eigenvalue weighted by Crippen LogP contribution is -2.44. The van der Waals surface area contributed by atoms with Gasteiger partial charge >= 0.3 is 0 Å². The zero-order valence-corrected chi connectivity index (χ0v) is 15.1. The van der Waals surface area contributed by atoms with E-state index in [1.807, 2.05) is 6.92 Å². The number of nitrogens with one attached hydrogen (secondary N) is 1. The largest absolute Gasteiger partial charge is 0.377 e. The first-order chi connectivity index (χ1) is 8.90. The summed E-state index contributed by atoms with van der Waals surface area (Å²) in [5, 5.41) is 3.14. The van der Waals surface area contributed by atoms with E-state index < -0.39 is 0 Å². The second kappa shape index (κ2) is 9.18. The van der Waals surface area contributed by atoms with Gasteiger partial charge in [-0.1, -0.05) is 24.3 Å². The molecule has 114 valence electrons. The molecule has 1 aromatic carbocycles. The predicted molar refractivity (Wildman–Crippen MR) is 95.4 cm³/mol. The van der Waals surface area contributed by atoms with E-state index in [2.05, 4.69) is 55.3 Å². The minimum absolute atomic E-state index is 0. The van der Waals surface area contributed by atoms with E-state index in [1.165, 1.54) is 5.56 Å². The second-order valence-electron chi connectivity index (χ2n) is 5.53. The molecule has 4 nitrogen and oxygen atoms in total. The molecule has 0 unspecified atom stereocenters. The summed E-state index contributed by atoms with van der Waals surface area (Å²) < 4.78 is 5.35. The highest BCUT2D eigenvalue weighted by atomic mass is 127. The number of aliphatic imine (C=N–C) groups is 1. The van der Waals surface area contributed by atoms with Crippen LogP contribution >= 0.6 is 24.0 Å². The number of guanidine groups is 1. The van der Waals surface area contributed by atoms with Gasteiger partial charge in [0.2, 0.25) is 0 Å². The fourth-order valence-corrected chi connectivity index (χ4v) is 1.56. The van der Waals surface area contributed by atoms with Gasteiger partial charge in [-0.05, 0) is 38.8 Å². The molecule has 0 aliphatic carbocycles. The van der Waals surface area contributed by atoms with Crippen molar-refractivity contribution >= 4 is 29.9 Å². The minimum atomic E-state index is -0.0606. The highest BCUT2D eigenvalue weighted by molar-refractivity contribution is 14.0. The first kappa shape index (κ1) is 19.2. The fraction of sp³-hybridized carbons (Fsp3) is 0.533. The summed E-state index contributed by atoms with van der Waals surface area (Å²) in [5.74, 6) is 0.478. The van der Waals surface area contributed by atoms with Crippen LogP contribution in [0.4, 0.5) is 0 Å². The van der Waals surface area contributed by atoms with Crippen LogP contribution in [0.1, 0.15) is 38.8 Å². The standard InChI is InChI=1S/C15H25N3O.HI/c1-5-19-11-13-8-6-12(7-9-13)10-17-14(16)18-15(2,3)4;/h6-9H,5,10-11H2,1-4H3,(H3,16,17,18);1H. The highest BCUT2D eigenvalue weighted by Gasteiger charge is 2.09. The number of ether oxygens (including phenoxy) is 1. The van der Waals surface area contributed by atoms with Crippen molar-refractivity contribution in [1.82, 2.24) is 5.32 Å². The van der Waals surface area contributed by atoms with E-state index in [0.29, 0.717) is 19.1 Å². The zero-order valence-electron chi connectivity index (χ0n) is 12.8. The molecule has 20 heavy (non-hydrogen) atoms. The van der Waals surface area contributed by atoms with Crippen LogP contribution in [0, 0.1) is 0 Å². The minimum Gasteiger partial charge on any atom is -0.377 e. The summed E-state index contributed by atoms with van der Waals surface area (Å²) in [7, 11) is 0. The maximum atomic E-state index is 5.82. The normalized spacial score (nSPS) is 11.9. The van der Waals surface area contributed by atoms with Crippen LogP contribution in [0.2, 0.25) is 0 Å². The van der Waals surface area contributed by atoms with Crippen molar-refractivity contribution in [3.63, 3.8) is 0 Å². The molecule has 0 saturated heterocycles. The molecule has 0 heterocycles. The van der Waals surface area contributed by atoms with E-state index in [9.17, 15) is 0 Å². The van der Waals surface area contributed by atoms with Gasteiger partial charge in [-0.2, -0.15) is 0 Å². The molecule has 0 aliphatic heterocycles. The van der Waals surface area contributed by atoms with Crippen molar-refractivity contribution < 1.29 is 4.74 Å². The van der Waals surface area contributed by atoms with Gasteiger partial charge < -0.3 is 15.8 Å². The Hall–Kier alpha value is -0.820. The number of hydrogen-bond acceptors (Lipinski definition) is 2. The number of rotatable bonds is 5. The van der Waals surface area contributed by atoms with E-state index in [0.717, 1.165) is 12.2 Å². The maximum Gasteiger partial charge on any atom is 0.189 e. The summed E-state index contributed by atoms with van der Waals surface area (Å²) in [4.78, 5) is 4.32. The smallest absolute Gasteiger partial charge is 0.189 e. The Morgan fingerprint density at radius 3 is 2.25 bits per heavy atom. The quantitative estimate of drug-likeness (QED) is 0.461. The van der Waals surface area contributed by atoms with Gasteiger partial charge in [-0.25, -0.2) is 4.99 Å². The molecule has 0 spiro atoms. The number of nitrogens with two attached hydrogens (primary N) is 1. The monoisotopic (exact) mass is 391 g/mol. The Labute approximate surface area is 139 Å². The lowest BCUT2D eigenvalue weighted by molar-refractivity contribution is 0.134. The first-order valence-electron chi connectivity index (χ1n) is 6.64. The van der Waals surface area contributed by atoms with Gasteiger partial charge in [0.05, 0.1) is 13.2 Å². The SMILES string of the molecule is CCOCc1ccc(CN=C(N)NC(C)(C)C)cc1.I. The van der Waals surface area contributed by atoms with Crippen molar-refractivity contribution in [3.05, 3.63) is 35.4 Å². The molecule has 1 aromatic rings. The highest BCUT2D eigenvalue weighted by Crippen LogP contribution is 2.07. The van der Waals surface area contributed by atoms with E-state index in [1.54, 1.807) is 0 Å². The third-order valence-electron chi connectivity index (χ3n) is 2.43. The molecular weight excluding hydrogens is 365 g/mol. The molecule has 0 fully saturated rings. The lowest BCUT2D eigenvalue weighted by Gasteiger charge is -2.20. The first-order valence-corrected chi connectivity index (χ1v) is 6.64. The number of hydrogen-bond donors (Lipinski definition) is 2. The maximum absolute atomic E-state index is 5.82. The van der Waals surface area contributed by atoms with Crippen molar-refractivity contribution in [3.8, 4) is 0 Å². The predicted octanol–water partition coefficient (Wildman–Crippen LogP) is 3.04.